The smallest absolute Gasteiger partial charge is 0.314 e. The van der Waals surface area contributed by atoms with Crippen molar-refractivity contribution >= 4 is 33.2 Å². The number of nitrogens with one attached hydrogen (secondary N) is 1. The van der Waals surface area contributed by atoms with E-state index in [1.165, 1.54) is 17.7 Å². The minimum Gasteiger partial charge on any atom is -0.314 e. The number of aryl methyl sites for hydroxylation is 1. The number of fused-ring (bicyclic) bond motifs is 1. The molecule has 212 valence electrons. The maximum Gasteiger partial charge on any atom is 0.406 e. The van der Waals surface area contributed by atoms with Crippen LogP contribution in [0, 0.1) is 6.92 Å². The first-order chi connectivity index (χ1) is 18.9. The molecule has 0 radical (unpaired) electrons. The normalized spacial score (nSPS) is 18.5. The Bertz CT molecular complexity index is 1670. The van der Waals surface area contributed by atoms with Gasteiger partial charge in [-0.25, -0.2) is 14.8 Å². The van der Waals surface area contributed by atoms with Crippen LogP contribution in [0.4, 0.5) is 13.2 Å². The minimum atomic E-state index is -4.60. The lowest BCUT2D eigenvalue weighted by molar-refractivity contribution is -0.141. The maximum absolute atomic E-state index is 12.9. The van der Waals surface area contributed by atoms with Crippen molar-refractivity contribution in [1.29, 1.82) is 0 Å². The van der Waals surface area contributed by atoms with Gasteiger partial charge in [0.2, 0.25) is 0 Å². The van der Waals surface area contributed by atoms with Crippen molar-refractivity contribution < 1.29 is 13.2 Å². The van der Waals surface area contributed by atoms with Gasteiger partial charge >= 0.3 is 11.9 Å². The Balaban J connectivity index is 1.56. The summed E-state index contributed by atoms with van der Waals surface area (Å²) in [5.41, 5.74) is 2.57. The molecule has 0 saturated carbocycles. The standard InChI is InChI=1S/C27H28ClF3N6O2S/c1-15-6-18(28)7-20(21(15)12-36-16(2)9-32-10-17(36)3)24-25-22(33-14-34-24)8-19(40-25)11-37-23(38)4-5-35(26(37)39)13-27(29,30)31/h4-8,14,16-17,32H,9-13H2,1-3H3/t16-,17-/m0/s1. The van der Waals surface area contributed by atoms with E-state index in [9.17, 15) is 22.8 Å². The van der Waals surface area contributed by atoms with Crippen molar-refractivity contribution in [2.75, 3.05) is 13.1 Å². The van der Waals surface area contributed by atoms with Crippen LogP contribution in [0.25, 0.3) is 21.5 Å². The molecule has 1 saturated heterocycles. The summed E-state index contributed by atoms with van der Waals surface area (Å²) >= 11 is 7.81. The third-order valence-corrected chi connectivity index (χ3v) is 8.54. The monoisotopic (exact) mass is 592 g/mol. The van der Waals surface area contributed by atoms with Crippen molar-refractivity contribution in [3.8, 4) is 11.3 Å². The molecule has 0 amide bonds. The van der Waals surface area contributed by atoms with Crippen LogP contribution < -0.4 is 16.6 Å². The van der Waals surface area contributed by atoms with Crippen LogP contribution in [0.5, 0.6) is 0 Å². The highest BCUT2D eigenvalue weighted by Crippen LogP contribution is 2.37. The van der Waals surface area contributed by atoms with Crippen molar-refractivity contribution in [2.45, 2.75) is 58.7 Å². The highest BCUT2D eigenvalue weighted by atomic mass is 35.5. The van der Waals surface area contributed by atoms with E-state index in [-0.39, 0.29) is 6.54 Å². The summed E-state index contributed by atoms with van der Waals surface area (Å²) in [7, 11) is 0. The number of alkyl halides is 3. The molecule has 1 aliphatic heterocycles. The lowest BCUT2D eigenvalue weighted by atomic mass is 9.96. The molecule has 0 spiro atoms. The number of hydrogen-bond acceptors (Lipinski definition) is 7. The molecule has 0 aliphatic carbocycles. The van der Waals surface area contributed by atoms with Crippen LogP contribution in [0.1, 0.15) is 29.9 Å². The Morgan fingerprint density at radius 1 is 1.10 bits per heavy atom. The summed E-state index contributed by atoms with van der Waals surface area (Å²) in [5.74, 6) is 0. The van der Waals surface area contributed by atoms with E-state index in [2.05, 4.69) is 34.0 Å². The molecule has 2 atom stereocenters. The summed E-state index contributed by atoms with van der Waals surface area (Å²) in [6.07, 6.45) is -2.28. The van der Waals surface area contributed by atoms with E-state index in [1.807, 2.05) is 19.1 Å². The topological polar surface area (TPSA) is 85.0 Å². The van der Waals surface area contributed by atoms with Gasteiger partial charge in [-0.05, 0) is 50.1 Å². The molecule has 0 bridgehead atoms. The van der Waals surface area contributed by atoms with E-state index in [0.717, 1.165) is 51.3 Å². The third kappa shape index (κ3) is 5.85. The summed E-state index contributed by atoms with van der Waals surface area (Å²) in [5, 5.41) is 4.03. The third-order valence-electron chi connectivity index (χ3n) is 7.21. The number of aromatic nitrogens is 4. The molecule has 4 aromatic rings. The van der Waals surface area contributed by atoms with Gasteiger partial charge in [-0.15, -0.1) is 11.3 Å². The second kappa shape index (κ2) is 11.1. The number of piperazine rings is 1. The predicted octanol–water partition coefficient (Wildman–Crippen LogP) is 4.44. The Kier molecular flexibility index (Phi) is 7.88. The van der Waals surface area contributed by atoms with Crippen molar-refractivity contribution in [3.05, 3.63) is 78.7 Å². The molecule has 1 aromatic carbocycles. The van der Waals surface area contributed by atoms with E-state index >= 15 is 0 Å². The molecule has 3 aromatic heterocycles. The average molecular weight is 593 g/mol. The largest absolute Gasteiger partial charge is 0.406 e. The van der Waals surface area contributed by atoms with Gasteiger partial charge in [0.15, 0.2) is 0 Å². The average Bonchev–Trinajstić information content (AvgIpc) is 3.29. The van der Waals surface area contributed by atoms with Gasteiger partial charge in [0.25, 0.3) is 5.56 Å². The quantitative estimate of drug-likeness (QED) is 0.356. The first kappa shape index (κ1) is 28.5. The van der Waals surface area contributed by atoms with Gasteiger partial charge in [0.1, 0.15) is 12.9 Å². The second-order valence-corrected chi connectivity index (χ2v) is 11.8. The SMILES string of the molecule is Cc1cc(Cl)cc(-c2ncnc3cc(Cn4c(=O)ccn(CC(F)(F)F)c4=O)sc23)c1CN1[C@@H](C)CNC[C@@H]1C. The Labute approximate surface area is 237 Å². The number of benzene rings is 1. The van der Waals surface area contributed by atoms with Crippen LogP contribution in [0.15, 0.2) is 46.4 Å². The van der Waals surface area contributed by atoms with Gasteiger partial charge in [-0.1, -0.05) is 11.6 Å². The first-order valence-electron chi connectivity index (χ1n) is 12.8. The Morgan fingerprint density at radius 2 is 1.82 bits per heavy atom. The summed E-state index contributed by atoms with van der Waals surface area (Å²) in [6.45, 7) is 7.22. The van der Waals surface area contributed by atoms with Gasteiger partial charge in [0, 0.05) is 59.4 Å². The summed E-state index contributed by atoms with van der Waals surface area (Å²) in [4.78, 5) is 37.2. The Hall–Kier alpha value is -3.06. The number of thiophene rings is 1. The summed E-state index contributed by atoms with van der Waals surface area (Å²) in [6, 6.07) is 7.18. The molecular formula is C27H28ClF3N6O2S. The number of hydrogen-bond donors (Lipinski definition) is 1. The highest BCUT2D eigenvalue weighted by Gasteiger charge is 2.29. The molecule has 4 heterocycles. The van der Waals surface area contributed by atoms with Gasteiger partial charge in [0.05, 0.1) is 22.5 Å². The fourth-order valence-electron chi connectivity index (χ4n) is 5.20. The van der Waals surface area contributed by atoms with E-state index in [1.54, 1.807) is 6.07 Å². The number of nitrogens with zero attached hydrogens (tertiary/aromatic N) is 5. The van der Waals surface area contributed by atoms with Crippen molar-refractivity contribution in [2.24, 2.45) is 0 Å². The molecule has 5 rings (SSSR count). The lowest BCUT2D eigenvalue weighted by Gasteiger charge is -2.40. The fourth-order valence-corrected chi connectivity index (χ4v) is 6.58. The van der Waals surface area contributed by atoms with E-state index in [0.29, 0.717) is 44.3 Å². The summed E-state index contributed by atoms with van der Waals surface area (Å²) < 4.78 is 40.8. The van der Waals surface area contributed by atoms with Gasteiger partial charge in [-0.2, -0.15) is 13.2 Å². The molecule has 1 N–H and O–H groups in total. The molecule has 0 unspecified atom stereocenters. The first-order valence-corrected chi connectivity index (χ1v) is 14.0. The minimum absolute atomic E-state index is 0.186. The van der Waals surface area contributed by atoms with Gasteiger partial charge in [-0.3, -0.25) is 18.8 Å². The molecule has 13 heteroatoms. The van der Waals surface area contributed by atoms with Crippen LogP contribution in [0.3, 0.4) is 0 Å². The molecular weight excluding hydrogens is 565 g/mol. The second-order valence-electron chi connectivity index (χ2n) is 10.2. The fraction of sp³-hybridized carbons (Fsp3) is 0.407. The zero-order chi connectivity index (χ0) is 28.8. The van der Waals surface area contributed by atoms with E-state index in [4.69, 9.17) is 11.6 Å². The van der Waals surface area contributed by atoms with Crippen LogP contribution >= 0.6 is 22.9 Å². The number of halogens is 4. The lowest BCUT2D eigenvalue weighted by Crippen LogP contribution is -2.54. The number of rotatable bonds is 6. The molecule has 1 fully saturated rings. The van der Waals surface area contributed by atoms with Crippen LogP contribution in [0.2, 0.25) is 5.02 Å². The predicted molar refractivity (Wildman–Crippen MR) is 150 cm³/mol. The van der Waals surface area contributed by atoms with E-state index < -0.39 is 24.0 Å². The molecule has 1 aliphatic rings. The molecule has 40 heavy (non-hydrogen) atoms. The zero-order valence-electron chi connectivity index (χ0n) is 22.1. The van der Waals surface area contributed by atoms with Gasteiger partial charge < -0.3 is 5.32 Å². The van der Waals surface area contributed by atoms with Crippen LogP contribution in [-0.2, 0) is 19.6 Å². The highest BCUT2D eigenvalue weighted by molar-refractivity contribution is 7.19. The molecule has 8 nitrogen and oxygen atoms in total. The zero-order valence-corrected chi connectivity index (χ0v) is 23.7. The maximum atomic E-state index is 12.9. The van der Waals surface area contributed by atoms with Crippen LogP contribution in [-0.4, -0.2) is 55.4 Å². The van der Waals surface area contributed by atoms with Crippen molar-refractivity contribution in [1.82, 2.24) is 29.3 Å². The Morgan fingerprint density at radius 3 is 2.52 bits per heavy atom. The van der Waals surface area contributed by atoms with Crippen molar-refractivity contribution in [3.63, 3.8) is 0 Å².